The van der Waals surface area contributed by atoms with E-state index in [2.05, 4.69) is 42.9 Å². The predicted octanol–water partition coefficient (Wildman–Crippen LogP) is 9.12. The molecule has 0 aromatic heterocycles. The standard InChI is InChI=1S/C11H10NO2P.C10H6ClO2P.C6H15N.CH4/c1-12-15-13-9-6-2-4-8-5-3-7-10(14-15)11(8)9;11-14-12-8-5-1-3-7-4-2-6-9(13-14)10(7)8;1-4-7(5-2)6-3;/h2-7,12H,1H3;1-6H;4-6H2,1-3H3;1H4. The molecule has 0 bridgehead atoms. The monoisotopic (exact) mass is 560 g/mol. The van der Waals surface area contributed by atoms with E-state index in [9.17, 15) is 0 Å². The van der Waals surface area contributed by atoms with Crippen LogP contribution < -0.4 is 23.2 Å². The molecule has 4 aromatic carbocycles. The summed E-state index contributed by atoms with van der Waals surface area (Å²) >= 11 is 5.85. The van der Waals surface area contributed by atoms with Crippen molar-refractivity contribution in [3.05, 3.63) is 72.8 Å². The minimum Gasteiger partial charge on any atom is -0.426 e. The Bertz CT molecular complexity index is 1220. The van der Waals surface area contributed by atoms with E-state index in [0.717, 1.165) is 44.5 Å². The summed E-state index contributed by atoms with van der Waals surface area (Å²) in [4.78, 5) is 2.38. The summed E-state index contributed by atoms with van der Waals surface area (Å²) < 4.78 is 22.2. The highest BCUT2D eigenvalue weighted by Gasteiger charge is 2.23. The summed E-state index contributed by atoms with van der Waals surface area (Å²) in [6, 6.07) is 23.8. The van der Waals surface area contributed by atoms with E-state index in [0.29, 0.717) is 0 Å². The topological polar surface area (TPSA) is 52.2 Å². The van der Waals surface area contributed by atoms with E-state index in [1.54, 1.807) is 0 Å². The van der Waals surface area contributed by atoms with Crippen LogP contribution in [-0.2, 0) is 0 Å². The molecule has 0 fully saturated rings. The van der Waals surface area contributed by atoms with Crippen LogP contribution in [0.5, 0.6) is 23.0 Å². The zero-order chi connectivity index (χ0) is 25.5. The second kappa shape index (κ2) is 14.0. The Morgan fingerprint density at radius 2 is 1.00 bits per heavy atom. The van der Waals surface area contributed by atoms with Crippen LogP contribution in [-0.4, -0.2) is 31.6 Å². The minimum absolute atomic E-state index is 0. The van der Waals surface area contributed by atoms with Crippen molar-refractivity contribution in [2.45, 2.75) is 28.2 Å². The van der Waals surface area contributed by atoms with Crippen LogP contribution in [0, 0.1) is 0 Å². The fraction of sp³-hybridized carbons (Fsp3) is 0.286. The van der Waals surface area contributed by atoms with Gasteiger partial charge in [0, 0.05) is 0 Å². The Morgan fingerprint density at radius 3 is 1.30 bits per heavy atom. The van der Waals surface area contributed by atoms with Gasteiger partial charge in [-0.2, -0.15) is 0 Å². The molecular formula is C28H35ClN2O4P2. The van der Waals surface area contributed by atoms with Crippen molar-refractivity contribution < 1.29 is 18.1 Å². The number of hydrogen-bond acceptors (Lipinski definition) is 6. The van der Waals surface area contributed by atoms with Crippen molar-refractivity contribution in [3.63, 3.8) is 0 Å². The summed E-state index contributed by atoms with van der Waals surface area (Å²) in [6.45, 7) is 10.1. The highest BCUT2D eigenvalue weighted by atomic mass is 35.7. The highest BCUT2D eigenvalue weighted by molar-refractivity contribution is 7.76. The van der Waals surface area contributed by atoms with Gasteiger partial charge in [-0.3, -0.25) is 0 Å². The van der Waals surface area contributed by atoms with Gasteiger partial charge in [-0.15, -0.1) is 0 Å². The number of benzene rings is 4. The number of nitrogens with zero attached hydrogens (tertiary/aromatic N) is 1. The van der Waals surface area contributed by atoms with Crippen LogP contribution in [0.1, 0.15) is 28.2 Å². The molecule has 6 rings (SSSR count). The Kier molecular flexibility index (Phi) is 11.1. The van der Waals surface area contributed by atoms with Crippen LogP contribution >= 0.6 is 27.5 Å². The van der Waals surface area contributed by atoms with Crippen LogP contribution in [0.15, 0.2) is 72.8 Å². The van der Waals surface area contributed by atoms with Gasteiger partial charge in [0.15, 0.2) is 0 Å². The van der Waals surface area contributed by atoms with Gasteiger partial charge in [-0.1, -0.05) is 76.7 Å². The third-order valence-electron chi connectivity index (χ3n) is 5.88. The largest absolute Gasteiger partial charge is 0.426 e. The second-order valence-electron chi connectivity index (χ2n) is 7.90. The van der Waals surface area contributed by atoms with Gasteiger partial charge in [-0.25, -0.2) is 5.09 Å². The summed E-state index contributed by atoms with van der Waals surface area (Å²) in [7, 11) is -0.531. The van der Waals surface area contributed by atoms with Gasteiger partial charge in [0.2, 0.25) is 0 Å². The summed E-state index contributed by atoms with van der Waals surface area (Å²) in [5.41, 5.74) is 0. The molecule has 0 radical (unpaired) electrons. The molecule has 2 aliphatic heterocycles. The first-order valence-electron chi connectivity index (χ1n) is 12.0. The van der Waals surface area contributed by atoms with E-state index in [-0.39, 0.29) is 7.43 Å². The van der Waals surface area contributed by atoms with Crippen molar-refractivity contribution >= 4 is 49.0 Å². The Labute approximate surface area is 227 Å². The van der Waals surface area contributed by atoms with E-state index in [4.69, 9.17) is 29.3 Å². The Morgan fingerprint density at radius 1 is 0.649 bits per heavy atom. The molecule has 0 amide bonds. The summed E-state index contributed by atoms with van der Waals surface area (Å²) in [6.07, 6.45) is 0. The average molecular weight is 561 g/mol. The molecule has 37 heavy (non-hydrogen) atoms. The Balaban J connectivity index is 0.000000163. The van der Waals surface area contributed by atoms with Crippen LogP contribution in [0.25, 0.3) is 21.5 Å². The van der Waals surface area contributed by atoms with E-state index >= 15 is 0 Å². The number of nitrogens with one attached hydrogen (secondary N) is 1. The SMILES string of the molecule is C.CCN(CC)CC.CNP1Oc2cccc3cccc(c23)O1.ClP1Oc2cccc3cccc(c23)O1. The number of halogens is 1. The number of hydrogen-bond donors (Lipinski definition) is 1. The predicted molar refractivity (Wildman–Crippen MR) is 159 cm³/mol. The summed E-state index contributed by atoms with van der Waals surface area (Å²) in [5, 5.41) is 7.34. The second-order valence-corrected chi connectivity index (χ2v) is 10.8. The lowest BCUT2D eigenvalue weighted by molar-refractivity contribution is 0.321. The van der Waals surface area contributed by atoms with Crippen molar-refractivity contribution in [2.24, 2.45) is 0 Å². The fourth-order valence-electron chi connectivity index (χ4n) is 3.98. The molecule has 0 saturated heterocycles. The molecule has 0 saturated carbocycles. The molecule has 1 N–H and O–H groups in total. The first-order valence-corrected chi connectivity index (χ1v) is 15.2. The quantitative estimate of drug-likeness (QED) is 0.251. The molecule has 0 spiro atoms. The van der Waals surface area contributed by atoms with E-state index in [1.807, 2.05) is 67.7 Å². The normalized spacial score (nSPS) is 13.6. The molecule has 6 nitrogen and oxygen atoms in total. The molecule has 0 atom stereocenters. The van der Waals surface area contributed by atoms with Crippen LogP contribution in [0.2, 0.25) is 0 Å². The maximum absolute atomic E-state index is 5.85. The molecular weight excluding hydrogens is 526 g/mol. The third-order valence-corrected chi connectivity index (χ3v) is 8.07. The first-order chi connectivity index (χ1) is 17.6. The van der Waals surface area contributed by atoms with Gasteiger partial charge < -0.3 is 23.0 Å². The lowest BCUT2D eigenvalue weighted by Gasteiger charge is -2.24. The van der Waals surface area contributed by atoms with E-state index < -0.39 is 16.3 Å². The van der Waals surface area contributed by atoms with Crippen LogP contribution in [0.3, 0.4) is 0 Å². The van der Waals surface area contributed by atoms with Gasteiger partial charge in [0.1, 0.15) is 23.0 Å². The molecule has 198 valence electrons. The smallest absolute Gasteiger partial charge is 0.401 e. The minimum atomic E-state index is -1.33. The summed E-state index contributed by atoms with van der Waals surface area (Å²) in [5.74, 6) is 3.42. The molecule has 9 heteroatoms. The lowest BCUT2D eigenvalue weighted by atomic mass is 10.1. The van der Waals surface area contributed by atoms with Gasteiger partial charge >= 0.3 is 16.3 Å². The molecule has 4 aromatic rings. The van der Waals surface area contributed by atoms with Gasteiger partial charge in [-0.05, 0) is 73.0 Å². The van der Waals surface area contributed by atoms with Crippen molar-refractivity contribution in [3.8, 4) is 23.0 Å². The molecule has 0 aliphatic carbocycles. The van der Waals surface area contributed by atoms with Crippen molar-refractivity contribution in [1.29, 1.82) is 0 Å². The molecule has 0 unspecified atom stereocenters. The average Bonchev–Trinajstić information content (AvgIpc) is 2.91. The van der Waals surface area contributed by atoms with Crippen LogP contribution in [0.4, 0.5) is 0 Å². The molecule has 2 aliphatic rings. The zero-order valence-corrected chi connectivity index (χ0v) is 23.4. The third kappa shape index (κ3) is 6.96. The first kappa shape index (κ1) is 29.2. The van der Waals surface area contributed by atoms with Crippen molar-refractivity contribution in [2.75, 3.05) is 26.7 Å². The highest BCUT2D eigenvalue weighted by Crippen LogP contribution is 2.53. The molecule has 2 heterocycles. The van der Waals surface area contributed by atoms with Crippen molar-refractivity contribution in [1.82, 2.24) is 9.99 Å². The number of rotatable bonds is 4. The van der Waals surface area contributed by atoms with Gasteiger partial charge in [0.25, 0.3) is 0 Å². The fourth-order valence-corrected chi connectivity index (χ4v) is 5.96. The lowest BCUT2D eigenvalue weighted by Crippen LogP contribution is -2.21. The zero-order valence-electron chi connectivity index (χ0n) is 20.9. The maximum Gasteiger partial charge on any atom is 0.401 e. The Hall–Kier alpha value is -2.33. The van der Waals surface area contributed by atoms with Gasteiger partial charge in [0.05, 0.1) is 10.8 Å². The maximum atomic E-state index is 5.85. The van der Waals surface area contributed by atoms with E-state index in [1.165, 1.54) is 19.6 Å².